The van der Waals surface area contributed by atoms with E-state index in [-0.39, 0.29) is 16.9 Å². The first kappa shape index (κ1) is 22.8. The van der Waals surface area contributed by atoms with Crippen molar-refractivity contribution in [3.63, 3.8) is 0 Å². The number of hydrogen-bond acceptors (Lipinski definition) is 4. The molecule has 1 fully saturated rings. The van der Waals surface area contributed by atoms with E-state index in [1.165, 1.54) is 0 Å². The van der Waals surface area contributed by atoms with Gasteiger partial charge in [0.2, 0.25) is 5.91 Å². The number of carbonyl (C=O) groups excluding carboxylic acids is 2. The van der Waals surface area contributed by atoms with E-state index in [0.29, 0.717) is 24.7 Å². The van der Waals surface area contributed by atoms with E-state index in [4.69, 9.17) is 4.74 Å². The summed E-state index contributed by atoms with van der Waals surface area (Å²) in [5.74, 6) is 1.40. The maximum Gasteiger partial charge on any atom is 0.264 e. The van der Waals surface area contributed by atoms with Gasteiger partial charge in [-0.1, -0.05) is 44.3 Å². The van der Waals surface area contributed by atoms with Crippen LogP contribution < -0.4 is 10.1 Å². The molecule has 2 amide bonds. The van der Waals surface area contributed by atoms with Gasteiger partial charge in [-0.25, -0.2) is 0 Å². The maximum absolute atomic E-state index is 13.3. The molecule has 6 nitrogen and oxygen atoms in total. The third-order valence-corrected chi connectivity index (χ3v) is 11.4. The van der Waals surface area contributed by atoms with Gasteiger partial charge in [0, 0.05) is 10.6 Å². The van der Waals surface area contributed by atoms with Crippen LogP contribution in [-0.4, -0.2) is 55.4 Å². The molecule has 0 saturated heterocycles. The van der Waals surface area contributed by atoms with Crippen molar-refractivity contribution in [1.29, 1.82) is 0 Å². The summed E-state index contributed by atoms with van der Waals surface area (Å²) in [5, 5.41) is 2.98. The fourth-order valence-corrected chi connectivity index (χ4v) is 7.86. The Bertz CT molecular complexity index is 987. The number of para-hydroxylation sites is 1. The van der Waals surface area contributed by atoms with Crippen LogP contribution in [0.25, 0.3) is 0 Å². The first-order valence-corrected chi connectivity index (χ1v) is 15.1. The van der Waals surface area contributed by atoms with Gasteiger partial charge in [-0.2, -0.15) is 0 Å². The molecule has 0 bridgehead atoms. The molecular formula is C25H35N3O3Si. The second kappa shape index (κ2) is 7.87. The van der Waals surface area contributed by atoms with E-state index in [1.54, 1.807) is 6.92 Å². The monoisotopic (exact) mass is 453 g/mol. The van der Waals surface area contributed by atoms with Gasteiger partial charge in [-0.05, 0) is 51.3 Å². The molecule has 0 spiro atoms. The van der Waals surface area contributed by atoms with Crippen LogP contribution in [0.5, 0.6) is 5.75 Å². The smallest absolute Gasteiger partial charge is 0.264 e. The molecule has 32 heavy (non-hydrogen) atoms. The Hall–Kier alpha value is -2.41. The standard InChI is InChI=1S/C25H35N3O3Si/c1-17(31-18-11-8-7-9-12-18)22(29)28-16-19-20(24(28,2)3)15-26-21(19)27-23(30)25(13-10-14-25)32(4,5)6/h7-9,11-12,17H,10,13-16H2,1-6H3,(H,26,27,30)/t17-/m1/s1. The molecule has 172 valence electrons. The Morgan fingerprint density at radius 1 is 1.16 bits per heavy atom. The predicted octanol–water partition coefficient (Wildman–Crippen LogP) is 4.16. The quantitative estimate of drug-likeness (QED) is 0.681. The van der Waals surface area contributed by atoms with Gasteiger partial charge in [0.15, 0.2) is 6.10 Å². The molecule has 1 aromatic carbocycles. The van der Waals surface area contributed by atoms with Crippen molar-refractivity contribution in [2.75, 3.05) is 13.1 Å². The highest BCUT2D eigenvalue weighted by atomic mass is 28.3. The van der Waals surface area contributed by atoms with Gasteiger partial charge in [-0.3, -0.25) is 14.6 Å². The van der Waals surface area contributed by atoms with Crippen LogP contribution in [0.4, 0.5) is 0 Å². The molecule has 0 aromatic heterocycles. The highest BCUT2D eigenvalue weighted by Gasteiger charge is 2.54. The molecule has 7 heteroatoms. The summed E-state index contributed by atoms with van der Waals surface area (Å²) in [6.45, 7) is 13.7. The normalized spacial score (nSPS) is 22.1. The zero-order valence-electron chi connectivity index (χ0n) is 20.1. The summed E-state index contributed by atoms with van der Waals surface area (Å²) in [6.07, 6.45) is 2.46. The second-order valence-electron chi connectivity index (χ2n) is 10.8. The SMILES string of the molecule is C[C@@H](Oc1ccccc1)C(=O)N1CC2=C(CN=C2NC(=O)C2([Si](C)(C)C)CCC2)C1(C)C. The lowest BCUT2D eigenvalue weighted by Gasteiger charge is -2.49. The minimum absolute atomic E-state index is 0.0588. The van der Waals surface area contributed by atoms with E-state index < -0.39 is 19.7 Å². The third-order valence-electron chi connectivity index (χ3n) is 7.75. The van der Waals surface area contributed by atoms with E-state index in [2.05, 4.69) is 43.8 Å². The molecule has 4 rings (SSSR count). The van der Waals surface area contributed by atoms with Crippen LogP contribution >= 0.6 is 0 Å². The Kier molecular flexibility index (Phi) is 5.60. The molecule has 1 aromatic rings. The van der Waals surface area contributed by atoms with Crippen molar-refractivity contribution in [3.05, 3.63) is 41.5 Å². The summed E-state index contributed by atoms with van der Waals surface area (Å²) >= 11 is 0. The fraction of sp³-hybridized carbons (Fsp3) is 0.560. The maximum atomic E-state index is 13.3. The molecule has 1 atom stereocenters. The minimum Gasteiger partial charge on any atom is -0.481 e. The second-order valence-corrected chi connectivity index (χ2v) is 16.3. The van der Waals surface area contributed by atoms with Crippen molar-refractivity contribution in [2.45, 2.75) is 76.4 Å². The van der Waals surface area contributed by atoms with Gasteiger partial charge >= 0.3 is 0 Å². The summed E-state index contributed by atoms with van der Waals surface area (Å²) in [5.41, 5.74) is 1.64. The van der Waals surface area contributed by atoms with Crippen LogP contribution in [0.1, 0.15) is 40.0 Å². The Labute approximate surface area is 192 Å². The predicted molar refractivity (Wildman–Crippen MR) is 130 cm³/mol. The Morgan fingerprint density at radius 3 is 2.38 bits per heavy atom. The zero-order valence-corrected chi connectivity index (χ0v) is 21.1. The third kappa shape index (κ3) is 3.60. The van der Waals surface area contributed by atoms with Gasteiger partial charge in [-0.15, -0.1) is 0 Å². The summed E-state index contributed by atoms with van der Waals surface area (Å²) in [6, 6.07) is 9.41. The molecule has 2 heterocycles. The molecular weight excluding hydrogens is 418 g/mol. The number of hydrogen-bond donors (Lipinski definition) is 1. The number of benzene rings is 1. The van der Waals surface area contributed by atoms with E-state index >= 15 is 0 Å². The van der Waals surface area contributed by atoms with Crippen molar-refractivity contribution >= 4 is 25.7 Å². The molecule has 1 saturated carbocycles. The van der Waals surface area contributed by atoms with Crippen LogP contribution in [0.15, 0.2) is 46.5 Å². The van der Waals surface area contributed by atoms with Gasteiger partial charge in [0.1, 0.15) is 11.6 Å². The average molecular weight is 454 g/mol. The molecule has 0 radical (unpaired) electrons. The number of aliphatic imine (C=N–C) groups is 1. The van der Waals surface area contributed by atoms with Crippen LogP contribution in [0, 0.1) is 0 Å². The molecule has 1 N–H and O–H groups in total. The van der Waals surface area contributed by atoms with Crippen molar-refractivity contribution in [1.82, 2.24) is 10.2 Å². The molecule has 2 aliphatic heterocycles. The zero-order chi connectivity index (χ0) is 23.3. The summed E-state index contributed by atoms with van der Waals surface area (Å²) < 4.78 is 5.89. The van der Waals surface area contributed by atoms with E-state index in [1.807, 2.05) is 35.2 Å². The first-order chi connectivity index (χ1) is 15.0. The van der Waals surface area contributed by atoms with Crippen molar-refractivity contribution in [2.24, 2.45) is 4.99 Å². The lowest BCUT2D eigenvalue weighted by atomic mass is 9.83. The van der Waals surface area contributed by atoms with Crippen LogP contribution in [0.3, 0.4) is 0 Å². The summed E-state index contributed by atoms with van der Waals surface area (Å²) in [7, 11) is -1.67. The number of nitrogens with one attached hydrogen (secondary N) is 1. The fourth-order valence-electron chi connectivity index (χ4n) is 5.26. The number of nitrogens with zero attached hydrogens (tertiary/aromatic N) is 2. The first-order valence-electron chi connectivity index (χ1n) is 11.6. The summed E-state index contributed by atoms with van der Waals surface area (Å²) in [4.78, 5) is 33.2. The van der Waals surface area contributed by atoms with Crippen molar-refractivity contribution in [3.8, 4) is 5.75 Å². The lowest BCUT2D eigenvalue weighted by Crippen LogP contribution is -2.55. The number of carbonyl (C=O) groups is 2. The van der Waals surface area contributed by atoms with Gasteiger partial charge < -0.3 is 15.0 Å². The largest absolute Gasteiger partial charge is 0.481 e. The minimum atomic E-state index is -1.67. The van der Waals surface area contributed by atoms with E-state index in [9.17, 15) is 9.59 Å². The molecule has 3 aliphatic rings. The highest BCUT2D eigenvalue weighted by Crippen LogP contribution is 2.55. The van der Waals surface area contributed by atoms with E-state index in [0.717, 1.165) is 30.4 Å². The number of ether oxygens (including phenoxy) is 1. The Morgan fingerprint density at radius 2 is 1.81 bits per heavy atom. The van der Waals surface area contributed by atoms with Crippen molar-refractivity contribution < 1.29 is 14.3 Å². The average Bonchev–Trinajstić information content (AvgIpc) is 3.18. The highest BCUT2D eigenvalue weighted by molar-refractivity contribution is 6.82. The lowest BCUT2D eigenvalue weighted by molar-refractivity contribution is -0.140. The number of amidine groups is 1. The number of rotatable bonds is 5. The molecule has 0 unspecified atom stereocenters. The van der Waals surface area contributed by atoms with Crippen LogP contribution in [-0.2, 0) is 9.59 Å². The molecule has 1 aliphatic carbocycles. The van der Waals surface area contributed by atoms with Gasteiger partial charge in [0.25, 0.3) is 5.91 Å². The topological polar surface area (TPSA) is 71.0 Å². The van der Waals surface area contributed by atoms with Crippen LogP contribution in [0.2, 0.25) is 24.7 Å². The number of amides is 2. The van der Waals surface area contributed by atoms with Gasteiger partial charge in [0.05, 0.1) is 26.7 Å². The Balaban J connectivity index is 1.48.